The summed E-state index contributed by atoms with van der Waals surface area (Å²) in [6, 6.07) is 0. The van der Waals surface area contributed by atoms with Crippen LogP contribution in [-0.2, 0) is 22.0 Å². The Morgan fingerprint density at radius 3 is 3.14 bits per heavy atom. The fraction of sp³-hybridized carbons (Fsp3) is 0.333. The number of ether oxygens (including phenoxy) is 1. The first-order valence-electron chi connectivity index (χ1n) is 4.09. The standard InChI is InChI=1S/C9H11ClN2O2/c1-2-3-14-9(13)6-12-5-8(4-10)11-7-12/h2,5,7H,1,3-4,6H2. The predicted octanol–water partition coefficient (Wildman–Crippen LogP) is 1.35. The van der Waals surface area contributed by atoms with Gasteiger partial charge in [0.25, 0.3) is 0 Å². The lowest BCUT2D eigenvalue weighted by Crippen LogP contribution is -2.12. The van der Waals surface area contributed by atoms with E-state index in [1.165, 1.54) is 6.08 Å². The van der Waals surface area contributed by atoms with E-state index in [1.54, 1.807) is 17.1 Å². The van der Waals surface area contributed by atoms with Gasteiger partial charge in [-0.05, 0) is 0 Å². The molecule has 0 amide bonds. The normalized spacial score (nSPS) is 9.79. The molecule has 0 aromatic carbocycles. The summed E-state index contributed by atoms with van der Waals surface area (Å²) in [6.07, 6.45) is 4.78. The van der Waals surface area contributed by atoms with Crippen molar-refractivity contribution in [2.45, 2.75) is 12.4 Å². The predicted molar refractivity (Wildman–Crippen MR) is 52.9 cm³/mol. The molecule has 0 saturated heterocycles. The van der Waals surface area contributed by atoms with Gasteiger partial charge in [-0.1, -0.05) is 12.7 Å². The zero-order chi connectivity index (χ0) is 10.4. The smallest absolute Gasteiger partial charge is 0.326 e. The van der Waals surface area contributed by atoms with Crippen LogP contribution >= 0.6 is 11.6 Å². The van der Waals surface area contributed by atoms with Crippen LogP contribution < -0.4 is 0 Å². The molecular formula is C9H11ClN2O2. The lowest BCUT2D eigenvalue weighted by molar-refractivity contribution is -0.143. The van der Waals surface area contributed by atoms with Gasteiger partial charge in [0.1, 0.15) is 13.2 Å². The fourth-order valence-corrected chi connectivity index (χ4v) is 1.05. The van der Waals surface area contributed by atoms with Crippen molar-refractivity contribution in [3.8, 4) is 0 Å². The molecule has 0 aliphatic heterocycles. The summed E-state index contributed by atoms with van der Waals surface area (Å²) in [7, 11) is 0. The number of aromatic nitrogens is 2. The average molecular weight is 215 g/mol. The second-order valence-electron chi connectivity index (χ2n) is 2.64. The Bertz CT molecular complexity index is 322. The van der Waals surface area contributed by atoms with Gasteiger partial charge in [0.2, 0.25) is 0 Å². The molecule has 0 bridgehead atoms. The quantitative estimate of drug-likeness (QED) is 0.422. The molecule has 0 radical (unpaired) electrons. The highest BCUT2D eigenvalue weighted by molar-refractivity contribution is 6.16. The first kappa shape index (κ1) is 10.8. The summed E-state index contributed by atoms with van der Waals surface area (Å²) in [4.78, 5) is 15.1. The second-order valence-corrected chi connectivity index (χ2v) is 2.91. The van der Waals surface area contributed by atoms with E-state index in [-0.39, 0.29) is 19.1 Å². The lowest BCUT2D eigenvalue weighted by atomic mass is 10.5. The van der Waals surface area contributed by atoms with E-state index in [9.17, 15) is 4.79 Å². The van der Waals surface area contributed by atoms with E-state index >= 15 is 0 Å². The maximum atomic E-state index is 11.1. The first-order chi connectivity index (χ1) is 6.76. The second kappa shape index (κ2) is 5.44. The number of nitrogens with zero attached hydrogens (tertiary/aromatic N) is 2. The van der Waals surface area contributed by atoms with E-state index in [4.69, 9.17) is 16.3 Å². The van der Waals surface area contributed by atoms with Gasteiger partial charge in [-0.3, -0.25) is 4.79 Å². The van der Waals surface area contributed by atoms with Gasteiger partial charge in [-0.15, -0.1) is 11.6 Å². The van der Waals surface area contributed by atoms with Crippen molar-refractivity contribution in [1.29, 1.82) is 0 Å². The summed E-state index contributed by atoms with van der Waals surface area (Å²) in [6.45, 7) is 3.83. The highest BCUT2D eigenvalue weighted by atomic mass is 35.5. The van der Waals surface area contributed by atoms with Crippen LogP contribution in [0.25, 0.3) is 0 Å². The van der Waals surface area contributed by atoms with Crippen LogP contribution in [0.4, 0.5) is 0 Å². The Balaban J connectivity index is 2.43. The molecule has 1 aromatic heterocycles. The molecule has 0 saturated carbocycles. The van der Waals surface area contributed by atoms with Crippen molar-refractivity contribution in [3.05, 3.63) is 30.9 Å². The molecule has 1 rings (SSSR count). The SMILES string of the molecule is C=CCOC(=O)Cn1cnc(CCl)c1. The van der Waals surface area contributed by atoms with E-state index in [0.29, 0.717) is 5.88 Å². The largest absolute Gasteiger partial charge is 0.460 e. The van der Waals surface area contributed by atoms with Crippen molar-refractivity contribution >= 4 is 17.6 Å². The van der Waals surface area contributed by atoms with Gasteiger partial charge in [-0.2, -0.15) is 0 Å². The number of carbonyl (C=O) groups is 1. The van der Waals surface area contributed by atoms with Crippen LogP contribution in [0.1, 0.15) is 5.69 Å². The van der Waals surface area contributed by atoms with Crippen LogP contribution in [0.15, 0.2) is 25.2 Å². The van der Waals surface area contributed by atoms with Gasteiger partial charge in [0, 0.05) is 6.20 Å². The molecule has 0 aliphatic carbocycles. The topological polar surface area (TPSA) is 44.1 Å². The molecule has 76 valence electrons. The van der Waals surface area contributed by atoms with Crippen LogP contribution in [-0.4, -0.2) is 22.1 Å². The van der Waals surface area contributed by atoms with Crippen LogP contribution in [0.5, 0.6) is 0 Å². The minimum Gasteiger partial charge on any atom is -0.460 e. The molecule has 0 unspecified atom stereocenters. The summed E-state index contributed by atoms with van der Waals surface area (Å²) in [5, 5.41) is 0. The van der Waals surface area contributed by atoms with Crippen molar-refractivity contribution in [1.82, 2.24) is 9.55 Å². The molecule has 4 nitrogen and oxygen atoms in total. The van der Waals surface area contributed by atoms with Crippen molar-refractivity contribution < 1.29 is 9.53 Å². The molecule has 5 heteroatoms. The monoisotopic (exact) mass is 214 g/mol. The number of esters is 1. The third-order valence-corrected chi connectivity index (χ3v) is 1.77. The van der Waals surface area contributed by atoms with E-state index in [2.05, 4.69) is 11.6 Å². The Hall–Kier alpha value is -1.29. The average Bonchev–Trinajstić information content (AvgIpc) is 2.62. The molecule has 0 atom stereocenters. The third-order valence-electron chi connectivity index (χ3n) is 1.50. The number of rotatable bonds is 5. The van der Waals surface area contributed by atoms with E-state index in [0.717, 1.165) is 5.69 Å². The van der Waals surface area contributed by atoms with Crippen molar-refractivity contribution in [3.63, 3.8) is 0 Å². The van der Waals surface area contributed by atoms with Crippen molar-refractivity contribution in [2.24, 2.45) is 0 Å². The van der Waals surface area contributed by atoms with Gasteiger partial charge in [0.05, 0.1) is 17.9 Å². The Kier molecular flexibility index (Phi) is 4.19. The highest BCUT2D eigenvalue weighted by Gasteiger charge is 2.04. The molecular weight excluding hydrogens is 204 g/mol. The maximum absolute atomic E-state index is 11.1. The molecule has 0 N–H and O–H groups in total. The number of carbonyl (C=O) groups excluding carboxylic acids is 1. The zero-order valence-electron chi connectivity index (χ0n) is 7.65. The van der Waals surface area contributed by atoms with Gasteiger partial charge in [-0.25, -0.2) is 4.98 Å². The summed E-state index contributed by atoms with van der Waals surface area (Å²) in [5.41, 5.74) is 0.739. The molecule has 1 aromatic rings. The number of hydrogen-bond acceptors (Lipinski definition) is 3. The Labute approximate surface area is 87.1 Å². The highest BCUT2D eigenvalue weighted by Crippen LogP contribution is 2.00. The summed E-state index contributed by atoms with van der Waals surface area (Å²) < 4.78 is 6.43. The maximum Gasteiger partial charge on any atom is 0.326 e. The number of halogens is 1. The van der Waals surface area contributed by atoms with Crippen LogP contribution in [0.3, 0.4) is 0 Å². The van der Waals surface area contributed by atoms with Crippen LogP contribution in [0, 0.1) is 0 Å². The molecule has 0 fully saturated rings. The fourth-order valence-electron chi connectivity index (χ4n) is 0.908. The van der Waals surface area contributed by atoms with E-state index in [1.807, 2.05) is 0 Å². The molecule has 1 heterocycles. The number of hydrogen-bond donors (Lipinski definition) is 0. The van der Waals surface area contributed by atoms with Gasteiger partial charge < -0.3 is 9.30 Å². The van der Waals surface area contributed by atoms with Gasteiger partial charge >= 0.3 is 5.97 Å². The molecule has 0 aliphatic rings. The van der Waals surface area contributed by atoms with Gasteiger partial charge in [0.15, 0.2) is 0 Å². The van der Waals surface area contributed by atoms with Crippen molar-refractivity contribution in [2.75, 3.05) is 6.61 Å². The Morgan fingerprint density at radius 2 is 2.57 bits per heavy atom. The zero-order valence-corrected chi connectivity index (χ0v) is 8.41. The Morgan fingerprint density at radius 1 is 1.79 bits per heavy atom. The van der Waals surface area contributed by atoms with E-state index < -0.39 is 0 Å². The minimum atomic E-state index is -0.316. The number of imidazole rings is 1. The number of alkyl halides is 1. The minimum absolute atomic E-state index is 0.151. The third kappa shape index (κ3) is 3.22. The van der Waals surface area contributed by atoms with Crippen LogP contribution in [0.2, 0.25) is 0 Å². The molecule has 14 heavy (non-hydrogen) atoms. The summed E-state index contributed by atoms with van der Waals surface area (Å²) >= 11 is 5.56. The lowest BCUT2D eigenvalue weighted by Gasteiger charge is -2.01. The summed E-state index contributed by atoms with van der Waals surface area (Å²) in [5.74, 6) is 0.0257. The first-order valence-corrected chi connectivity index (χ1v) is 4.63. The molecule has 0 spiro atoms.